The number of benzene rings is 1. The number of unbranched alkanes of at least 4 members (excludes halogenated alkanes) is 7. The summed E-state index contributed by atoms with van der Waals surface area (Å²) < 4.78 is 1.79. The molecule has 1 saturated heterocycles. The number of amides is 1. The zero-order valence-electron chi connectivity index (χ0n) is 22.1. The summed E-state index contributed by atoms with van der Waals surface area (Å²) >= 11 is 5.99. The van der Waals surface area contributed by atoms with Crippen molar-refractivity contribution in [3.8, 4) is 11.3 Å². The largest absolute Gasteiger partial charge is 0.339 e. The molecule has 4 rings (SSSR count). The molecule has 0 bridgehead atoms. The van der Waals surface area contributed by atoms with E-state index in [1.807, 2.05) is 41.3 Å². The summed E-state index contributed by atoms with van der Waals surface area (Å²) in [6.45, 7) is 3.84. The van der Waals surface area contributed by atoms with Crippen molar-refractivity contribution in [2.75, 3.05) is 31.1 Å². The maximum absolute atomic E-state index is 12.6. The number of hydrogen-bond acceptors (Lipinski definition) is 6. The summed E-state index contributed by atoms with van der Waals surface area (Å²) in [5.41, 5.74) is 2.30. The molecule has 0 aliphatic carbocycles. The number of piperazine rings is 1. The highest BCUT2D eigenvalue weighted by molar-refractivity contribution is 6.30. The fourth-order valence-electron chi connectivity index (χ4n) is 4.77. The van der Waals surface area contributed by atoms with E-state index in [0.29, 0.717) is 16.9 Å². The first kappa shape index (κ1) is 27.8. The fraction of sp³-hybridized carbons (Fsp3) is 0.483. The summed E-state index contributed by atoms with van der Waals surface area (Å²) in [5.74, 6) is 1.03. The molecule has 0 spiro atoms. The number of anilines is 1. The van der Waals surface area contributed by atoms with E-state index in [1.165, 1.54) is 25.7 Å². The highest BCUT2D eigenvalue weighted by Gasteiger charge is 2.21. The third kappa shape index (κ3) is 8.38. The van der Waals surface area contributed by atoms with Gasteiger partial charge in [-0.1, -0.05) is 62.3 Å². The number of carbonyl (C=O) groups excluding carboxylic acids is 1. The monoisotopic (exact) mass is 535 g/mol. The molecule has 1 aliphatic heterocycles. The molecule has 0 radical (unpaired) electrons. The van der Waals surface area contributed by atoms with Crippen molar-refractivity contribution >= 4 is 23.5 Å². The van der Waals surface area contributed by atoms with E-state index < -0.39 is 0 Å². The molecule has 2 aromatic heterocycles. The molecule has 3 aromatic rings. The third-order valence-corrected chi connectivity index (χ3v) is 7.28. The van der Waals surface area contributed by atoms with Crippen LogP contribution in [0.15, 0.2) is 54.9 Å². The Labute approximate surface area is 230 Å². The topological polar surface area (TPSA) is 91.0 Å². The maximum Gasteiger partial charge on any atom is 0.225 e. The lowest BCUT2D eigenvalue weighted by atomic mass is 10.1. The van der Waals surface area contributed by atoms with Crippen molar-refractivity contribution in [1.29, 1.82) is 5.41 Å². The maximum atomic E-state index is 12.6. The SMILES string of the molecule is N=c1ccc(-c2ccc(Cl)cc2)nn1CCCCCCCCCCC(=O)N1CCN(c2ncccn2)CC1. The van der Waals surface area contributed by atoms with Crippen molar-refractivity contribution in [3.05, 3.63) is 65.4 Å². The van der Waals surface area contributed by atoms with Crippen LogP contribution in [0.1, 0.15) is 57.8 Å². The number of hydrogen-bond donors (Lipinski definition) is 1. The van der Waals surface area contributed by atoms with E-state index in [-0.39, 0.29) is 5.91 Å². The van der Waals surface area contributed by atoms with Crippen LogP contribution in [0, 0.1) is 5.41 Å². The number of nitrogens with zero attached hydrogens (tertiary/aromatic N) is 6. The fourth-order valence-corrected chi connectivity index (χ4v) is 4.90. The Bertz CT molecular complexity index is 1190. The smallest absolute Gasteiger partial charge is 0.225 e. The Hall–Kier alpha value is -3.26. The zero-order chi connectivity index (χ0) is 26.6. The second-order valence-electron chi connectivity index (χ2n) is 9.83. The van der Waals surface area contributed by atoms with Crippen molar-refractivity contribution in [2.24, 2.45) is 0 Å². The molecule has 3 heterocycles. The Morgan fingerprint density at radius 2 is 1.45 bits per heavy atom. The highest BCUT2D eigenvalue weighted by atomic mass is 35.5. The molecule has 9 heteroatoms. The Balaban J connectivity index is 1.03. The highest BCUT2D eigenvalue weighted by Crippen LogP contribution is 2.19. The number of rotatable bonds is 13. The van der Waals surface area contributed by atoms with Gasteiger partial charge in [-0.25, -0.2) is 14.6 Å². The predicted octanol–water partition coefficient (Wildman–Crippen LogP) is 5.33. The molecule has 1 amide bonds. The van der Waals surface area contributed by atoms with Gasteiger partial charge in [-0.15, -0.1) is 0 Å². The van der Waals surface area contributed by atoms with Gasteiger partial charge in [0, 0.05) is 62.1 Å². The second-order valence-corrected chi connectivity index (χ2v) is 10.3. The molecule has 1 aliphatic rings. The van der Waals surface area contributed by atoms with Crippen molar-refractivity contribution in [1.82, 2.24) is 24.6 Å². The number of aromatic nitrogens is 4. The van der Waals surface area contributed by atoms with E-state index in [2.05, 4.69) is 20.0 Å². The van der Waals surface area contributed by atoms with Gasteiger partial charge in [-0.2, -0.15) is 5.10 Å². The number of nitrogens with one attached hydrogen (secondary N) is 1. The van der Waals surface area contributed by atoms with Crippen LogP contribution in [0.3, 0.4) is 0 Å². The van der Waals surface area contributed by atoms with Crippen molar-refractivity contribution in [3.63, 3.8) is 0 Å². The molecule has 0 saturated carbocycles. The molecule has 38 heavy (non-hydrogen) atoms. The average Bonchev–Trinajstić information content (AvgIpc) is 2.96. The van der Waals surface area contributed by atoms with Crippen LogP contribution in [0.2, 0.25) is 5.02 Å². The van der Waals surface area contributed by atoms with Gasteiger partial charge < -0.3 is 9.80 Å². The number of halogens is 1. The van der Waals surface area contributed by atoms with Gasteiger partial charge in [0.2, 0.25) is 11.9 Å². The van der Waals surface area contributed by atoms with Crippen LogP contribution < -0.4 is 10.4 Å². The van der Waals surface area contributed by atoms with Gasteiger partial charge in [-0.05, 0) is 43.2 Å². The summed E-state index contributed by atoms with van der Waals surface area (Å²) in [4.78, 5) is 25.3. The van der Waals surface area contributed by atoms with Gasteiger partial charge in [0.05, 0.1) is 5.69 Å². The quantitative estimate of drug-likeness (QED) is 0.299. The van der Waals surface area contributed by atoms with Crippen LogP contribution in [-0.4, -0.2) is 56.7 Å². The average molecular weight is 536 g/mol. The summed E-state index contributed by atoms with van der Waals surface area (Å²) in [7, 11) is 0. The first-order valence-corrected chi connectivity index (χ1v) is 14.2. The molecular formula is C29H38ClN7O. The summed E-state index contributed by atoms with van der Waals surface area (Å²) in [5, 5.41) is 13.5. The first-order valence-electron chi connectivity index (χ1n) is 13.8. The van der Waals surface area contributed by atoms with Gasteiger partial charge >= 0.3 is 0 Å². The van der Waals surface area contributed by atoms with Crippen LogP contribution in [-0.2, 0) is 11.3 Å². The predicted molar refractivity (Wildman–Crippen MR) is 151 cm³/mol. The standard InChI is InChI=1S/C29H38ClN7O/c30-25-13-11-24(12-14-25)26-15-16-27(31)37(34-26)19-8-6-4-2-1-3-5-7-10-28(38)35-20-22-36(23-21-35)29-32-17-9-18-33-29/h9,11-18,31H,1-8,10,19-23H2. The van der Waals surface area contributed by atoms with E-state index >= 15 is 0 Å². The Morgan fingerprint density at radius 3 is 2.13 bits per heavy atom. The van der Waals surface area contributed by atoms with E-state index in [0.717, 1.165) is 75.6 Å². The second kappa shape index (κ2) is 14.6. The first-order chi connectivity index (χ1) is 18.6. The minimum absolute atomic E-state index is 0.277. The molecule has 1 N–H and O–H groups in total. The Kier molecular flexibility index (Phi) is 10.7. The molecule has 1 fully saturated rings. The van der Waals surface area contributed by atoms with Crippen LogP contribution in [0.25, 0.3) is 11.3 Å². The molecule has 1 aromatic carbocycles. The molecular weight excluding hydrogens is 498 g/mol. The lowest BCUT2D eigenvalue weighted by Gasteiger charge is -2.34. The van der Waals surface area contributed by atoms with Crippen molar-refractivity contribution in [2.45, 2.75) is 64.3 Å². The normalized spacial score (nSPS) is 13.6. The minimum Gasteiger partial charge on any atom is -0.339 e. The van der Waals surface area contributed by atoms with E-state index in [9.17, 15) is 4.79 Å². The van der Waals surface area contributed by atoms with Gasteiger partial charge in [-0.3, -0.25) is 10.2 Å². The summed E-state index contributed by atoms with van der Waals surface area (Å²) in [6.07, 6.45) is 13.2. The lowest BCUT2D eigenvalue weighted by Crippen LogP contribution is -2.49. The molecule has 0 atom stereocenters. The van der Waals surface area contributed by atoms with Crippen LogP contribution >= 0.6 is 11.6 Å². The van der Waals surface area contributed by atoms with E-state index in [4.69, 9.17) is 17.0 Å². The van der Waals surface area contributed by atoms with Crippen molar-refractivity contribution < 1.29 is 4.79 Å². The summed E-state index contributed by atoms with van der Waals surface area (Å²) in [6, 6.07) is 13.1. The van der Waals surface area contributed by atoms with Gasteiger partial charge in [0.1, 0.15) is 5.49 Å². The Morgan fingerprint density at radius 1 is 0.816 bits per heavy atom. The number of aryl methyl sites for hydroxylation is 1. The minimum atomic E-state index is 0.277. The molecule has 0 unspecified atom stereocenters. The zero-order valence-corrected chi connectivity index (χ0v) is 22.8. The lowest BCUT2D eigenvalue weighted by molar-refractivity contribution is -0.131. The molecule has 202 valence electrons. The van der Waals surface area contributed by atoms with Crippen LogP contribution in [0.5, 0.6) is 0 Å². The van der Waals surface area contributed by atoms with Gasteiger partial charge in [0.25, 0.3) is 0 Å². The van der Waals surface area contributed by atoms with Crippen LogP contribution in [0.4, 0.5) is 5.95 Å². The van der Waals surface area contributed by atoms with Gasteiger partial charge in [0.15, 0.2) is 0 Å². The third-order valence-electron chi connectivity index (χ3n) is 7.02. The molecule has 8 nitrogen and oxygen atoms in total. The van der Waals surface area contributed by atoms with E-state index in [1.54, 1.807) is 23.1 Å². The number of carbonyl (C=O) groups is 1.